The summed E-state index contributed by atoms with van der Waals surface area (Å²) in [7, 11) is 0. The zero-order chi connectivity index (χ0) is 8.77. The maximum Gasteiger partial charge on any atom is 0.113 e. The van der Waals surface area contributed by atoms with Crippen LogP contribution in [-0.4, -0.2) is 4.98 Å². The molecule has 12 heavy (non-hydrogen) atoms. The Morgan fingerprint density at radius 1 is 1.42 bits per heavy atom. The van der Waals surface area contributed by atoms with Crippen molar-refractivity contribution in [2.75, 3.05) is 0 Å². The van der Waals surface area contributed by atoms with Gasteiger partial charge in [0.05, 0.1) is 11.2 Å². The van der Waals surface area contributed by atoms with Crippen LogP contribution in [0.4, 0.5) is 0 Å². The Labute approximate surface area is 76.8 Å². The third kappa shape index (κ3) is 1.08. The molecule has 2 rings (SSSR count). The summed E-state index contributed by atoms with van der Waals surface area (Å²) in [5, 5.41) is 1.14. The highest BCUT2D eigenvalue weighted by molar-refractivity contribution is 7.11. The Morgan fingerprint density at radius 2 is 2.08 bits per heavy atom. The molecule has 3 heteroatoms. The average molecular weight is 182 g/mol. The fraction of sp³-hybridized carbons (Fsp3) is 0.667. The monoisotopic (exact) mass is 182 g/mol. The molecule has 0 spiro atoms. The highest BCUT2D eigenvalue weighted by Crippen LogP contribution is 2.40. The van der Waals surface area contributed by atoms with Gasteiger partial charge in [-0.2, -0.15) is 0 Å². The number of aromatic nitrogens is 1. The fourth-order valence-corrected chi connectivity index (χ4v) is 2.53. The van der Waals surface area contributed by atoms with Crippen LogP contribution in [0.1, 0.15) is 34.8 Å². The van der Waals surface area contributed by atoms with Crippen LogP contribution >= 0.6 is 11.3 Å². The second kappa shape index (κ2) is 2.54. The van der Waals surface area contributed by atoms with Gasteiger partial charge in [0.1, 0.15) is 5.01 Å². The van der Waals surface area contributed by atoms with Gasteiger partial charge < -0.3 is 5.73 Å². The van der Waals surface area contributed by atoms with E-state index in [0.717, 1.165) is 23.5 Å². The molecule has 1 aromatic heterocycles. The zero-order valence-electron chi connectivity index (χ0n) is 7.55. The molecule has 0 aliphatic heterocycles. The molecular weight excluding hydrogens is 168 g/mol. The molecule has 0 bridgehead atoms. The minimum atomic E-state index is -0.0658. The summed E-state index contributed by atoms with van der Waals surface area (Å²) in [4.78, 5) is 5.80. The van der Waals surface area contributed by atoms with Crippen LogP contribution in [0.2, 0.25) is 0 Å². The minimum absolute atomic E-state index is 0.0658. The number of nitrogens with two attached hydrogens (primary N) is 1. The molecule has 1 aliphatic rings. The fourth-order valence-electron chi connectivity index (χ4n) is 1.46. The molecule has 0 atom stereocenters. The van der Waals surface area contributed by atoms with Crippen molar-refractivity contribution in [3.05, 3.63) is 15.6 Å². The maximum atomic E-state index is 6.15. The molecule has 2 N–H and O–H groups in total. The Balaban J connectivity index is 2.34. The first-order valence-electron chi connectivity index (χ1n) is 4.35. The molecule has 2 nitrogen and oxygen atoms in total. The third-order valence-electron chi connectivity index (χ3n) is 2.70. The first-order valence-corrected chi connectivity index (χ1v) is 5.17. The predicted molar refractivity (Wildman–Crippen MR) is 51.3 cm³/mol. The van der Waals surface area contributed by atoms with Crippen molar-refractivity contribution in [1.82, 2.24) is 4.98 Å². The standard InChI is InChI=1S/C9H14N2S/c1-6-7(2)12-8(11-6)9(10)4-3-5-9/h3-5,10H2,1-2H3. The summed E-state index contributed by atoms with van der Waals surface area (Å²) >= 11 is 1.76. The van der Waals surface area contributed by atoms with Crippen LogP contribution in [0.5, 0.6) is 0 Å². The van der Waals surface area contributed by atoms with E-state index in [1.54, 1.807) is 11.3 Å². The average Bonchev–Trinajstić information content (AvgIpc) is 2.28. The number of hydrogen-bond donors (Lipinski definition) is 1. The van der Waals surface area contributed by atoms with Gasteiger partial charge in [-0.15, -0.1) is 11.3 Å². The van der Waals surface area contributed by atoms with Crippen LogP contribution < -0.4 is 5.73 Å². The SMILES string of the molecule is Cc1nc(C2(N)CCC2)sc1C. The van der Waals surface area contributed by atoms with Gasteiger partial charge in [0.2, 0.25) is 0 Å². The highest BCUT2D eigenvalue weighted by atomic mass is 32.1. The van der Waals surface area contributed by atoms with Crippen LogP contribution in [0.25, 0.3) is 0 Å². The van der Waals surface area contributed by atoms with E-state index in [4.69, 9.17) is 5.73 Å². The molecule has 66 valence electrons. The van der Waals surface area contributed by atoms with Gasteiger partial charge in [-0.05, 0) is 33.1 Å². The topological polar surface area (TPSA) is 38.9 Å². The van der Waals surface area contributed by atoms with Gasteiger partial charge in [0.25, 0.3) is 0 Å². The van der Waals surface area contributed by atoms with E-state index in [1.807, 2.05) is 0 Å². The molecule has 0 aromatic carbocycles. The highest BCUT2D eigenvalue weighted by Gasteiger charge is 2.37. The first kappa shape index (κ1) is 8.20. The Hall–Kier alpha value is -0.410. The summed E-state index contributed by atoms with van der Waals surface area (Å²) in [6.45, 7) is 4.16. The molecule has 1 heterocycles. The third-order valence-corrected chi connectivity index (χ3v) is 3.99. The van der Waals surface area contributed by atoms with E-state index < -0.39 is 0 Å². The van der Waals surface area contributed by atoms with Crippen molar-refractivity contribution in [3.8, 4) is 0 Å². The van der Waals surface area contributed by atoms with Crippen molar-refractivity contribution in [2.45, 2.75) is 38.6 Å². The number of hydrogen-bond acceptors (Lipinski definition) is 3. The van der Waals surface area contributed by atoms with E-state index in [1.165, 1.54) is 11.3 Å². The number of rotatable bonds is 1. The largest absolute Gasteiger partial charge is 0.319 e. The lowest BCUT2D eigenvalue weighted by atomic mass is 9.78. The molecular formula is C9H14N2S. The minimum Gasteiger partial charge on any atom is -0.319 e. The summed E-state index contributed by atoms with van der Waals surface area (Å²) in [5.74, 6) is 0. The van der Waals surface area contributed by atoms with E-state index in [2.05, 4.69) is 18.8 Å². The summed E-state index contributed by atoms with van der Waals surface area (Å²) in [5.41, 5.74) is 7.23. The smallest absolute Gasteiger partial charge is 0.113 e. The molecule has 0 unspecified atom stereocenters. The molecule has 1 saturated carbocycles. The second-order valence-electron chi connectivity index (χ2n) is 3.67. The van der Waals surface area contributed by atoms with Crippen molar-refractivity contribution in [1.29, 1.82) is 0 Å². The van der Waals surface area contributed by atoms with Gasteiger partial charge in [0, 0.05) is 4.88 Å². The van der Waals surface area contributed by atoms with Crippen LogP contribution in [0, 0.1) is 13.8 Å². The second-order valence-corrected chi connectivity index (χ2v) is 4.87. The molecule has 1 aromatic rings. The molecule has 0 radical (unpaired) electrons. The van der Waals surface area contributed by atoms with E-state index in [-0.39, 0.29) is 5.54 Å². The quantitative estimate of drug-likeness (QED) is 0.722. The van der Waals surface area contributed by atoms with Crippen molar-refractivity contribution >= 4 is 11.3 Å². The van der Waals surface area contributed by atoms with Gasteiger partial charge in [-0.1, -0.05) is 0 Å². The maximum absolute atomic E-state index is 6.15. The number of thiazole rings is 1. The normalized spacial score (nSPS) is 20.6. The Kier molecular flexibility index (Phi) is 1.73. The van der Waals surface area contributed by atoms with Crippen molar-refractivity contribution in [3.63, 3.8) is 0 Å². The molecule has 1 fully saturated rings. The number of aryl methyl sites for hydroxylation is 2. The van der Waals surface area contributed by atoms with Crippen LogP contribution in [0.3, 0.4) is 0 Å². The van der Waals surface area contributed by atoms with Crippen molar-refractivity contribution < 1.29 is 0 Å². The lowest BCUT2D eigenvalue weighted by Crippen LogP contribution is -2.43. The zero-order valence-corrected chi connectivity index (χ0v) is 8.37. The number of nitrogens with zero attached hydrogens (tertiary/aromatic N) is 1. The van der Waals surface area contributed by atoms with E-state index in [9.17, 15) is 0 Å². The van der Waals surface area contributed by atoms with E-state index >= 15 is 0 Å². The van der Waals surface area contributed by atoms with Crippen LogP contribution in [0.15, 0.2) is 0 Å². The molecule has 0 saturated heterocycles. The Morgan fingerprint density at radius 3 is 2.42 bits per heavy atom. The lowest BCUT2D eigenvalue weighted by molar-refractivity contribution is 0.252. The lowest BCUT2D eigenvalue weighted by Gasteiger charge is -2.35. The van der Waals surface area contributed by atoms with E-state index in [0.29, 0.717) is 0 Å². The molecule has 0 amide bonds. The summed E-state index contributed by atoms with van der Waals surface area (Å²) in [6.07, 6.45) is 3.48. The summed E-state index contributed by atoms with van der Waals surface area (Å²) < 4.78 is 0. The molecule has 1 aliphatic carbocycles. The predicted octanol–water partition coefficient (Wildman–Crippen LogP) is 2.10. The first-order chi connectivity index (χ1) is 5.62. The Bertz CT molecular complexity index is 280. The van der Waals surface area contributed by atoms with Gasteiger partial charge in [-0.25, -0.2) is 4.98 Å². The van der Waals surface area contributed by atoms with Gasteiger partial charge >= 0.3 is 0 Å². The van der Waals surface area contributed by atoms with Gasteiger partial charge in [-0.3, -0.25) is 0 Å². The summed E-state index contributed by atoms with van der Waals surface area (Å²) in [6, 6.07) is 0. The van der Waals surface area contributed by atoms with Crippen molar-refractivity contribution in [2.24, 2.45) is 5.73 Å². The van der Waals surface area contributed by atoms with Gasteiger partial charge in [0.15, 0.2) is 0 Å². The van der Waals surface area contributed by atoms with Crippen LogP contribution in [-0.2, 0) is 5.54 Å².